The van der Waals surface area contributed by atoms with Crippen molar-refractivity contribution in [3.05, 3.63) is 59.4 Å². The first-order valence-electron chi connectivity index (χ1n) is 11.0. The van der Waals surface area contributed by atoms with E-state index in [0.717, 1.165) is 11.3 Å². The van der Waals surface area contributed by atoms with Crippen molar-refractivity contribution in [1.29, 1.82) is 0 Å². The number of carbonyl (C=O) groups excluding carboxylic acids is 3. The summed E-state index contributed by atoms with van der Waals surface area (Å²) in [5.41, 5.74) is 1.64. The van der Waals surface area contributed by atoms with Crippen molar-refractivity contribution in [2.45, 2.75) is 31.8 Å². The second-order valence-corrected chi connectivity index (χ2v) is 8.55. The molecule has 1 aromatic carbocycles. The topological polar surface area (TPSA) is 75.1 Å². The number of aryl methyl sites for hydroxylation is 1. The highest BCUT2D eigenvalue weighted by Gasteiger charge is 2.58. The van der Waals surface area contributed by atoms with Crippen LogP contribution in [-0.2, 0) is 23.1 Å². The number of piperidine rings is 1. The molecule has 8 heteroatoms. The smallest absolute Gasteiger partial charge is 0.328 e. The minimum absolute atomic E-state index is 0.0272. The molecule has 0 bridgehead atoms. The summed E-state index contributed by atoms with van der Waals surface area (Å²) in [6.45, 7) is 3.66. The summed E-state index contributed by atoms with van der Waals surface area (Å²) in [6, 6.07) is 11.2. The van der Waals surface area contributed by atoms with Crippen molar-refractivity contribution >= 4 is 17.8 Å². The molecule has 170 valence electrons. The molecule has 0 radical (unpaired) electrons. The van der Waals surface area contributed by atoms with E-state index in [2.05, 4.69) is 0 Å². The molecule has 2 aliphatic rings. The van der Waals surface area contributed by atoms with E-state index in [9.17, 15) is 14.4 Å². The monoisotopic (exact) mass is 438 g/mol. The third kappa shape index (κ3) is 3.68. The van der Waals surface area contributed by atoms with E-state index in [1.54, 1.807) is 16.9 Å². The van der Waals surface area contributed by atoms with Gasteiger partial charge in [0.15, 0.2) is 0 Å². The van der Waals surface area contributed by atoms with Crippen LogP contribution in [0.25, 0.3) is 0 Å². The van der Waals surface area contributed by atoms with Gasteiger partial charge in [-0.3, -0.25) is 14.5 Å². The molecule has 3 heterocycles. The predicted octanol–water partition coefficient (Wildman–Crippen LogP) is 2.42. The lowest BCUT2D eigenvalue weighted by Crippen LogP contribution is -2.57. The van der Waals surface area contributed by atoms with Gasteiger partial charge >= 0.3 is 6.03 Å². The van der Waals surface area contributed by atoms with Crippen LogP contribution in [0.3, 0.4) is 0 Å². The molecule has 2 aliphatic heterocycles. The first kappa shape index (κ1) is 22.1. The zero-order chi connectivity index (χ0) is 22.9. The van der Waals surface area contributed by atoms with Crippen molar-refractivity contribution < 1.29 is 19.1 Å². The Morgan fingerprint density at radius 2 is 1.78 bits per heavy atom. The second-order valence-electron chi connectivity index (χ2n) is 8.55. The van der Waals surface area contributed by atoms with Crippen molar-refractivity contribution in [1.82, 2.24) is 19.3 Å². The van der Waals surface area contributed by atoms with Crippen LogP contribution < -0.4 is 0 Å². The Balaban J connectivity index is 1.57. The Morgan fingerprint density at radius 3 is 2.38 bits per heavy atom. The fraction of sp³-hybridized carbons (Fsp3) is 0.458. The van der Waals surface area contributed by atoms with Crippen LogP contribution in [0.1, 0.15) is 34.5 Å². The average molecular weight is 439 g/mol. The van der Waals surface area contributed by atoms with Gasteiger partial charge in [-0.1, -0.05) is 30.3 Å². The highest BCUT2D eigenvalue weighted by molar-refractivity contribution is 6.07. The minimum atomic E-state index is -0.927. The van der Waals surface area contributed by atoms with Gasteiger partial charge in [-0.2, -0.15) is 0 Å². The minimum Gasteiger partial charge on any atom is -0.383 e. The maximum Gasteiger partial charge on any atom is 0.328 e. The average Bonchev–Trinajstić information content (AvgIpc) is 3.23. The largest absolute Gasteiger partial charge is 0.383 e. The molecular weight excluding hydrogens is 408 g/mol. The Bertz CT molecular complexity index is 1010. The van der Waals surface area contributed by atoms with Crippen LogP contribution >= 0.6 is 0 Å². The summed E-state index contributed by atoms with van der Waals surface area (Å²) in [6.07, 6.45) is 2.72. The number of benzene rings is 1. The van der Waals surface area contributed by atoms with Crippen molar-refractivity contribution in [2.24, 2.45) is 7.05 Å². The number of hydrogen-bond acceptors (Lipinski definition) is 4. The lowest BCUT2D eigenvalue weighted by Gasteiger charge is -2.42. The van der Waals surface area contributed by atoms with Gasteiger partial charge < -0.3 is 19.1 Å². The summed E-state index contributed by atoms with van der Waals surface area (Å²) >= 11 is 0. The molecule has 32 heavy (non-hydrogen) atoms. The lowest BCUT2D eigenvalue weighted by atomic mass is 9.85. The summed E-state index contributed by atoms with van der Waals surface area (Å²) in [5.74, 6) is -0.209. The van der Waals surface area contributed by atoms with Gasteiger partial charge in [-0.25, -0.2) is 4.79 Å². The van der Waals surface area contributed by atoms with Crippen LogP contribution in [0, 0.1) is 6.92 Å². The maximum absolute atomic E-state index is 13.5. The third-order valence-corrected chi connectivity index (χ3v) is 6.82. The van der Waals surface area contributed by atoms with E-state index < -0.39 is 5.54 Å². The van der Waals surface area contributed by atoms with Crippen molar-refractivity contribution in [2.75, 3.05) is 33.4 Å². The molecule has 0 aliphatic carbocycles. The normalized spacial score (nSPS) is 18.2. The Kier molecular flexibility index (Phi) is 6.06. The summed E-state index contributed by atoms with van der Waals surface area (Å²) in [4.78, 5) is 44.7. The van der Waals surface area contributed by atoms with Gasteiger partial charge in [-0.05, 0) is 31.4 Å². The molecule has 0 unspecified atom stereocenters. The van der Waals surface area contributed by atoms with Crippen LogP contribution in [0.5, 0.6) is 0 Å². The Morgan fingerprint density at radius 1 is 1.09 bits per heavy atom. The zero-order valence-electron chi connectivity index (χ0n) is 18.9. The summed E-state index contributed by atoms with van der Waals surface area (Å²) < 4.78 is 7.04. The van der Waals surface area contributed by atoms with E-state index in [4.69, 9.17) is 4.74 Å². The zero-order valence-corrected chi connectivity index (χ0v) is 18.9. The Hall–Kier alpha value is -3.13. The molecule has 1 aromatic heterocycles. The number of urea groups is 1. The molecule has 4 amide bonds. The van der Waals surface area contributed by atoms with Crippen LogP contribution in [-0.4, -0.2) is 76.0 Å². The molecule has 2 fully saturated rings. The second kappa shape index (κ2) is 8.78. The molecule has 2 saturated heterocycles. The molecule has 0 N–H and O–H groups in total. The van der Waals surface area contributed by atoms with Crippen LogP contribution in [0.4, 0.5) is 4.79 Å². The maximum atomic E-state index is 13.5. The number of carbonyl (C=O) groups is 3. The molecule has 0 atom stereocenters. The van der Waals surface area contributed by atoms with Gasteiger partial charge in [-0.15, -0.1) is 0 Å². The molecule has 2 aromatic rings. The quantitative estimate of drug-likeness (QED) is 0.649. The standard InChI is InChI=1S/C24H30N4O4/c1-18-20(9-12-25(18)2)21(29)26-13-10-24(11-14-26)22(30)27(15-16-32-3)23(31)28(24)17-19-7-5-4-6-8-19/h4-9,12H,10-11,13-17H2,1-3H3. The number of imide groups is 1. The molecule has 8 nitrogen and oxygen atoms in total. The van der Waals surface area contributed by atoms with Gasteiger partial charge in [0.25, 0.3) is 11.8 Å². The fourth-order valence-corrected chi connectivity index (χ4v) is 4.72. The summed E-state index contributed by atoms with van der Waals surface area (Å²) in [7, 11) is 3.47. The van der Waals surface area contributed by atoms with Gasteiger partial charge in [0, 0.05) is 45.7 Å². The van der Waals surface area contributed by atoms with Gasteiger partial charge in [0.05, 0.1) is 18.7 Å². The number of amides is 4. The van der Waals surface area contributed by atoms with E-state index in [1.807, 2.05) is 61.1 Å². The predicted molar refractivity (Wildman–Crippen MR) is 119 cm³/mol. The molecule has 1 spiro atoms. The van der Waals surface area contributed by atoms with Crippen LogP contribution in [0.15, 0.2) is 42.6 Å². The third-order valence-electron chi connectivity index (χ3n) is 6.82. The van der Waals surface area contributed by atoms with Gasteiger partial charge in [0.1, 0.15) is 5.54 Å². The van der Waals surface area contributed by atoms with Crippen LogP contribution in [0.2, 0.25) is 0 Å². The number of likely N-dealkylation sites (tertiary alicyclic amines) is 1. The van der Waals surface area contributed by atoms with Gasteiger partial charge in [0.2, 0.25) is 0 Å². The molecule has 4 rings (SSSR count). The van der Waals surface area contributed by atoms with E-state index >= 15 is 0 Å². The number of ether oxygens (including phenoxy) is 1. The number of aromatic nitrogens is 1. The number of methoxy groups -OCH3 is 1. The van der Waals surface area contributed by atoms with E-state index in [1.165, 1.54) is 4.90 Å². The first-order chi connectivity index (χ1) is 15.4. The van der Waals surface area contributed by atoms with E-state index in [-0.39, 0.29) is 24.4 Å². The van der Waals surface area contributed by atoms with Crippen molar-refractivity contribution in [3.63, 3.8) is 0 Å². The van der Waals surface area contributed by atoms with Crippen molar-refractivity contribution in [3.8, 4) is 0 Å². The lowest BCUT2D eigenvalue weighted by molar-refractivity contribution is -0.136. The fourth-order valence-electron chi connectivity index (χ4n) is 4.72. The summed E-state index contributed by atoms with van der Waals surface area (Å²) in [5, 5.41) is 0. The SMILES string of the molecule is COCCN1C(=O)N(Cc2ccccc2)C2(CCN(C(=O)c3ccn(C)c3C)CC2)C1=O. The number of rotatable bonds is 6. The highest BCUT2D eigenvalue weighted by atomic mass is 16.5. The number of hydrogen-bond donors (Lipinski definition) is 0. The highest BCUT2D eigenvalue weighted by Crippen LogP contribution is 2.38. The first-order valence-corrected chi connectivity index (χ1v) is 11.0. The molecule has 0 saturated carbocycles. The Labute approximate surface area is 188 Å². The van der Waals surface area contributed by atoms with E-state index in [0.29, 0.717) is 44.6 Å². The number of nitrogens with zero attached hydrogens (tertiary/aromatic N) is 4. The molecular formula is C24H30N4O4.